The average molecular weight is 401 g/mol. The molecule has 0 aromatic heterocycles. The van der Waals surface area contributed by atoms with E-state index in [0.29, 0.717) is 26.1 Å². The first-order chi connectivity index (χ1) is 14.0. The maximum Gasteiger partial charge on any atom is 0.232 e. The van der Waals surface area contributed by atoms with Crippen molar-refractivity contribution < 1.29 is 19.4 Å². The molecule has 1 aliphatic carbocycles. The highest BCUT2D eigenvalue weighted by Crippen LogP contribution is 2.40. The Morgan fingerprint density at radius 2 is 1.97 bits per heavy atom. The summed E-state index contributed by atoms with van der Waals surface area (Å²) in [5.41, 5.74) is 0.493. The fourth-order valence-corrected chi connectivity index (χ4v) is 4.98. The van der Waals surface area contributed by atoms with Crippen LogP contribution in [-0.2, 0) is 16.0 Å². The van der Waals surface area contributed by atoms with E-state index in [9.17, 15) is 14.7 Å². The molecule has 1 aromatic carbocycles. The zero-order valence-corrected chi connectivity index (χ0v) is 17.3. The van der Waals surface area contributed by atoms with Gasteiger partial charge in [-0.3, -0.25) is 9.59 Å². The molecule has 1 N–H and O–H groups in total. The summed E-state index contributed by atoms with van der Waals surface area (Å²) in [6, 6.07) is 7.87. The van der Waals surface area contributed by atoms with E-state index in [1.54, 1.807) is 7.11 Å². The third kappa shape index (κ3) is 4.00. The predicted octanol–water partition coefficient (Wildman–Crippen LogP) is 2.10. The standard InChI is InChI=1S/C23H32N2O4/c1-29-20-9-2-5-17(11-20)12-23(15-25(16-23)21(27)19-7-3-8-19)22(28)24-10-4-6-18(13-24)14-26/h2,5,9,11,18-19,26H,3-4,6-8,10,12-16H2,1H3. The summed E-state index contributed by atoms with van der Waals surface area (Å²) < 4.78 is 5.35. The van der Waals surface area contributed by atoms with Crippen LogP contribution in [0.2, 0.25) is 0 Å². The van der Waals surface area contributed by atoms with Gasteiger partial charge in [-0.25, -0.2) is 0 Å². The summed E-state index contributed by atoms with van der Waals surface area (Å²) >= 11 is 0. The van der Waals surface area contributed by atoms with Gasteiger partial charge in [-0.1, -0.05) is 18.6 Å². The maximum absolute atomic E-state index is 13.6. The van der Waals surface area contributed by atoms with Crippen LogP contribution in [0.25, 0.3) is 0 Å². The first kappa shape index (κ1) is 20.2. The van der Waals surface area contributed by atoms with Gasteiger partial charge in [0.1, 0.15) is 5.75 Å². The molecule has 3 aliphatic rings. The van der Waals surface area contributed by atoms with Gasteiger partial charge in [0.05, 0.1) is 12.5 Å². The molecule has 1 atom stereocenters. The molecule has 4 rings (SSSR count). The molecular weight excluding hydrogens is 368 g/mol. The van der Waals surface area contributed by atoms with E-state index in [4.69, 9.17) is 4.74 Å². The van der Waals surface area contributed by atoms with Crippen molar-refractivity contribution in [1.29, 1.82) is 0 Å². The van der Waals surface area contributed by atoms with Crippen LogP contribution in [0.15, 0.2) is 24.3 Å². The number of hydrogen-bond acceptors (Lipinski definition) is 4. The molecule has 1 aromatic rings. The lowest BCUT2D eigenvalue weighted by atomic mass is 9.71. The molecule has 1 unspecified atom stereocenters. The normalized spacial score (nSPS) is 23.9. The van der Waals surface area contributed by atoms with Crippen molar-refractivity contribution in [3.8, 4) is 5.75 Å². The third-order valence-electron chi connectivity index (χ3n) is 6.95. The zero-order valence-electron chi connectivity index (χ0n) is 17.3. The topological polar surface area (TPSA) is 70.1 Å². The molecule has 1 saturated carbocycles. The minimum absolute atomic E-state index is 0.124. The zero-order chi connectivity index (χ0) is 20.4. The SMILES string of the molecule is COc1cccc(CC2(C(=O)N3CCCC(CO)C3)CN(C(=O)C3CCC3)C2)c1. The summed E-state index contributed by atoms with van der Waals surface area (Å²) in [6.07, 6.45) is 5.60. The number of ether oxygens (including phenoxy) is 1. The summed E-state index contributed by atoms with van der Waals surface area (Å²) in [4.78, 5) is 30.1. The van der Waals surface area contributed by atoms with Crippen LogP contribution in [0.3, 0.4) is 0 Å². The molecule has 0 spiro atoms. The summed E-state index contributed by atoms with van der Waals surface area (Å²) in [5.74, 6) is 1.46. The molecule has 0 radical (unpaired) electrons. The van der Waals surface area contributed by atoms with Crippen molar-refractivity contribution in [2.24, 2.45) is 17.3 Å². The van der Waals surface area contributed by atoms with Gasteiger partial charge in [0.15, 0.2) is 0 Å². The van der Waals surface area contributed by atoms with Crippen LogP contribution in [0.5, 0.6) is 5.75 Å². The Hall–Kier alpha value is -2.08. The van der Waals surface area contributed by atoms with E-state index in [-0.39, 0.29) is 30.3 Å². The summed E-state index contributed by atoms with van der Waals surface area (Å²) in [6.45, 7) is 2.48. The molecule has 2 aliphatic heterocycles. The second kappa shape index (κ2) is 8.34. The van der Waals surface area contributed by atoms with Crippen molar-refractivity contribution >= 4 is 11.8 Å². The van der Waals surface area contributed by atoms with Gasteiger partial charge in [0, 0.05) is 38.7 Å². The molecule has 6 nitrogen and oxygen atoms in total. The van der Waals surface area contributed by atoms with Crippen LogP contribution < -0.4 is 4.74 Å². The number of aliphatic hydroxyl groups excluding tert-OH is 1. The monoisotopic (exact) mass is 400 g/mol. The van der Waals surface area contributed by atoms with Crippen molar-refractivity contribution in [2.45, 2.75) is 38.5 Å². The van der Waals surface area contributed by atoms with E-state index < -0.39 is 5.41 Å². The summed E-state index contributed by atoms with van der Waals surface area (Å²) in [7, 11) is 1.64. The number of rotatable bonds is 6. The van der Waals surface area contributed by atoms with Gasteiger partial charge in [-0.2, -0.15) is 0 Å². The molecule has 2 amide bonds. The fourth-order valence-electron chi connectivity index (χ4n) is 4.98. The smallest absolute Gasteiger partial charge is 0.232 e. The van der Waals surface area contributed by atoms with E-state index in [1.807, 2.05) is 34.1 Å². The average Bonchev–Trinajstić information content (AvgIpc) is 2.68. The number of piperidine rings is 1. The van der Waals surface area contributed by atoms with Crippen LogP contribution in [0.4, 0.5) is 0 Å². The first-order valence-electron chi connectivity index (χ1n) is 10.9. The number of amides is 2. The number of benzene rings is 1. The second-order valence-electron chi connectivity index (χ2n) is 9.07. The lowest BCUT2D eigenvalue weighted by Gasteiger charge is -2.52. The molecule has 6 heteroatoms. The van der Waals surface area contributed by atoms with Gasteiger partial charge >= 0.3 is 0 Å². The minimum Gasteiger partial charge on any atom is -0.497 e. The van der Waals surface area contributed by atoms with Crippen LogP contribution in [0.1, 0.15) is 37.7 Å². The number of carbonyl (C=O) groups is 2. The Balaban J connectivity index is 1.52. The Morgan fingerprint density at radius 1 is 1.17 bits per heavy atom. The Kier molecular flexibility index (Phi) is 5.81. The molecule has 158 valence electrons. The Morgan fingerprint density at radius 3 is 2.62 bits per heavy atom. The van der Waals surface area contributed by atoms with Crippen molar-refractivity contribution in [3.05, 3.63) is 29.8 Å². The number of hydrogen-bond donors (Lipinski definition) is 1. The van der Waals surface area contributed by atoms with Gasteiger partial charge in [-0.05, 0) is 55.7 Å². The predicted molar refractivity (Wildman–Crippen MR) is 109 cm³/mol. The van der Waals surface area contributed by atoms with Gasteiger partial charge < -0.3 is 19.6 Å². The molecule has 0 bridgehead atoms. The fraction of sp³-hybridized carbons (Fsp3) is 0.652. The number of nitrogens with zero attached hydrogens (tertiary/aromatic N) is 2. The highest BCUT2D eigenvalue weighted by molar-refractivity contribution is 5.89. The molecule has 2 saturated heterocycles. The highest BCUT2D eigenvalue weighted by Gasteiger charge is 2.53. The van der Waals surface area contributed by atoms with Crippen LogP contribution in [0, 0.1) is 17.3 Å². The van der Waals surface area contributed by atoms with Gasteiger partial charge in [0.2, 0.25) is 11.8 Å². The van der Waals surface area contributed by atoms with E-state index in [0.717, 1.165) is 50.0 Å². The second-order valence-corrected chi connectivity index (χ2v) is 9.07. The van der Waals surface area contributed by atoms with E-state index in [2.05, 4.69) is 0 Å². The van der Waals surface area contributed by atoms with Gasteiger partial charge in [0.25, 0.3) is 0 Å². The first-order valence-corrected chi connectivity index (χ1v) is 10.9. The van der Waals surface area contributed by atoms with E-state index >= 15 is 0 Å². The van der Waals surface area contributed by atoms with Crippen molar-refractivity contribution in [3.63, 3.8) is 0 Å². The van der Waals surface area contributed by atoms with Crippen molar-refractivity contribution in [2.75, 3.05) is 39.9 Å². The molecule has 29 heavy (non-hydrogen) atoms. The Bertz CT molecular complexity index is 755. The molecule has 3 fully saturated rings. The lowest BCUT2D eigenvalue weighted by molar-refractivity contribution is -0.165. The van der Waals surface area contributed by atoms with Gasteiger partial charge in [-0.15, -0.1) is 0 Å². The maximum atomic E-state index is 13.6. The largest absolute Gasteiger partial charge is 0.497 e. The third-order valence-corrected chi connectivity index (χ3v) is 6.95. The van der Waals surface area contributed by atoms with Crippen LogP contribution in [-0.4, -0.2) is 66.6 Å². The number of carbonyl (C=O) groups excluding carboxylic acids is 2. The van der Waals surface area contributed by atoms with E-state index in [1.165, 1.54) is 0 Å². The lowest BCUT2D eigenvalue weighted by Crippen LogP contribution is -2.67. The molecule has 2 heterocycles. The number of aliphatic hydroxyl groups is 1. The Labute approximate surface area is 172 Å². The quantitative estimate of drug-likeness (QED) is 0.794. The highest BCUT2D eigenvalue weighted by atomic mass is 16.5. The number of likely N-dealkylation sites (tertiary alicyclic amines) is 2. The van der Waals surface area contributed by atoms with Crippen molar-refractivity contribution in [1.82, 2.24) is 9.80 Å². The molecular formula is C23H32N2O4. The minimum atomic E-state index is -0.566. The summed E-state index contributed by atoms with van der Waals surface area (Å²) in [5, 5.41) is 9.56. The van der Waals surface area contributed by atoms with Crippen LogP contribution >= 0.6 is 0 Å². The number of methoxy groups -OCH3 is 1.